The molecule has 33 heavy (non-hydrogen) atoms. The van der Waals surface area contributed by atoms with Crippen LogP contribution in [0, 0.1) is 11.7 Å². The number of anilines is 2. The molecule has 6 nitrogen and oxygen atoms in total. The zero-order chi connectivity index (χ0) is 23.4. The Morgan fingerprint density at radius 1 is 1.09 bits per heavy atom. The van der Waals surface area contributed by atoms with Gasteiger partial charge in [0.1, 0.15) is 5.82 Å². The summed E-state index contributed by atoms with van der Waals surface area (Å²) in [6, 6.07) is 11.6. The van der Waals surface area contributed by atoms with Crippen LogP contribution >= 0.6 is 0 Å². The summed E-state index contributed by atoms with van der Waals surface area (Å²) in [5.41, 5.74) is 2.91. The quantitative estimate of drug-likeness (QED) is 0.642. The smallest absolute Gasteiger partial charge is 0.254 e. The summed E-state index contributed by atoms with van der Waals surface area (Å²) >= 11 is 0. The lowest BCUT2D eigenvalue weighted by Gasteiger charge is -2.29. The topological polar surface area (TPSA) is 61.9 Å². The maximum absolute atomic E-state index is 13.8. The molecule has 0 spiro atoms. The van der Waals surface area contributed by atoms with Gasteiger partial charge in [0.05, 0.1) is 6.10 Å². The van der Waals surface area contributed by atoms with Crippen molar-refractivity contribution >= 4 is 23.2 Å². The van der Waals surface area contributed by atoms with Gasteiger partial charge in [-0.25, -0.2) is 4.39 Å². The number of nitrogens with one attached hydrogen (secondary N) is 1. The van der Waals surface area contributed by atoms with E-state index in [0.29, 0.717) is 25.3 Å². The van der Waals surface area contributed by atoms with E-state index in [2.05, 4.69) is 5.32 Å². The Labute approximate surface area is 194 Å². The van der Waals surface area contributed by atoms with Crippen LogP contribution < -0.4 is 10.2 Å². The number of halogens is 1. The van der Waals surface area contributed by atoms with E-state index in [4.69, 9.17) is 4.74 Å². The van der Waals surface area contributed by atoms with E-state index in [0.717, 1.165) is 49.0 Å². The highest BCUT2D eigenvalue weighted by atomic mass is 19.1. The second-order valence-electron chi connectivity index (χ2n) is 9.19. The molecule has 1 saturated carbocycles. The number of benzene rings is 2. The lowest BCUT2D eigenvalue weighted by Crippen LogP contribution is -2.37. The average Bonchev–Trinajstić information content (AvgIpc) is 3.24. The Hall–Kier alpha value is -2.93. The number of amides is 2. The predicted molar refractivity (Wildman–Crippen MR) is 127 cm³/mol. The number of rotatable bonds is 8. The molecule has 1 heterocycles. The van der Waals surface area contributed by atoms with E-state index in [1.54, 1.807) is 17.0 Å². The highest BCUT2D eigenvalue weighted by molar-refractivity contribution is 5.95. The van der Waals surface area contributed by atoms with Gasteiger partial charge in [0.2, 0.25) is 5.91 Å². The molecule has 4 rings (SSSR count). The Kier molecular flexibility index (Phi) is 7.28. The van der Waals surface area contributed by atoms with Crippen LogP contribution in [0.25, 0.3) is 0 Å². The minimum atomic E-state index is -0.437. The molecule has 1 aliphatic carbocycles. The molecule has 2 fully saturated rings. The van der Waals surface area contributed by atoms with Gasteiger partial charge >= 0.3 is 0 Å². The third kappa shape index (κ3) is 5.71. The molecule has 0 bridgehead atoms. The standard InChI is InChI=1S/C26H32FN3O3/c1-29(2)24-12-11-22(28-25(31)18-6-3-7-18)15-20(24)16-30(17-23-10-5-13-33-23)26(32)19-8-4-9-21(27)14-19/h4,8-9,11-12,14-15,18,23H,3,5-7,10,13,16-17H2,1-2H3,(H,28,31)/t23-/m1/s1. The van der Waals surface area contributed by atoms with E-state index in [1.165, 1.54) is 12.1 Å². The van der Waals surface area contributed by atoms with Gasteiger partial charge in [0.25, 0.3) is 5.91 Å². The van der Waals surface area contributed by atoms with Crippen molar-refractivity contribution in [2.24, 2.45) is 5.92 Å². The van der Waals surface area contributed by atoms with Gasteiger partial charge in [0.15, 0.2) is 0 Å². The van der Waals surface area contributed by atoms with Crippen molar-refractivity contribution in [3.8, 4) is 0 Å². The highest BCUT2D eigenvalue weighted by Crippen LogP contribution is 2.30. The molecule has 1 aliphatic heterocycles. The van der Waals surface area contributed by atoms with Gasteiger partial charge in [-0.05, 0) is 67.6 Å². The van der Waals surface area contributed by atoms with Gasteiger partial charge < -0.3 is 19.9 Å². The molecule has 2 aliphatic rings. The first-order chi connectivity index (χ1) is 15.9. The number of carbonyl (C=O) groups is 2. The van der Waals surface area contributed by atoms with Crippen molar-refractivity contribution in [1.29, 1.82) is 0 Å². The van der Waals surface area contributed by atoms with Crippen LogP contribution in [0.4, 0.5) is 15.8 Å². The summed E-state index contributed by atoms with van der Waals surface area (Å²) in [6.07, 6.45) is 4.80. The largest absolute Gasteiger partial charge is 0.377 e. The van der Waals surface area contributed by atoms with Crippen LogP contribution in [0.3, 0.4) is 0 Å². The number of nitrogens with zero attached hydrogens (tertiary/aromatic N) is 2. The molecule has 1 atom stereocenters. The van der Waals surface area contributed by atoms with Crippen LogP contribution in [0.1, 0.15) is 48.0 Å². The van der Waals surface area contributed by atoms with Gasteiger partial charge in [0, 0.05) is 56.6 Å². The second kappa shape index (κ2) is 10.3. The third-order valence-corrected chi connectivity index (χ3v) is 6.47. The van der Waals surface area contributed by atoms with Crippen molar-refractivity contribution < 1.29 is 18.7 Å². The molecular weight excluding hydrogens is 421 g/mol. The zero-order valence-corrected chi connectivity index (χ0v) is 19.4. The van der Waals surface area contributed by atoms with Crippen LogP contribution in [0.5, 0.6) is 0 Å². The number of hydrogen-bond acceptors (Lipinski definition) is 4. The van der Waals surface area contributed by atoms with Gasteiger partial charge in [-0.1, -0.05) is 12.5 Å². The summed E-state index contributed by atoms with van der Waals surface area (Å²) in [6.45, 7) is 1.45. The van der Waals surface area contributed by atoms with E-state index in [1.807, 2.05) is 37.2 Å². The lowest BCUT2D eigenvalue weighted by molar-refractivity contribution is -0.122. The molecule has 7 heteroatoms. The maximum atomic E-state index is 13.8. The summed E-state index contributed by atoms with van der Waals surface area (Å²) in [5, 5.41) is 3.03. The lowest BCUT2D eigenvalue weighted by atomic mass is 9.85. The van der Waals surface area contributed by atoms with Crippen LogP contribution in [-0.4, -0.2) is 50.1 Å². The molecule has 2 aromatic rings. The van der Waals surface area contributed by atoms with Crippen molar-refractivity contribution in [2.45, 2.75) is 44.8 Å². The minimum Gasteiger partial charge on any atom is -0.377 e. The second-order valence-corrected chi connectivity index (χ2v) is 9.19. The number of hydrogen-bond donors (Lipinski definition) is 1. The molecule has 176 valence electrons. The van der Waals surface area contributed by atoms with Crippen molar-refractivity contribution in [3.05, 3.63) is 59.4 Å². The summed E-state index contributed by atoms with van der Waals surface area (Å²) < 4.78 is 19.6. The van der Waals surface area contributed by atoms with Gasteiger partial charge in [-0.15, -0.1) is 0 Å². The first-order valence-electron chi connectivity index (χ1n) is 11.7. The third-order valence-electron chi connectivity index (χ3n) is 6.47. The molecule has 2 aromatic carbocycles. The van der Waals surface area contributed by atoms with Gasteiger partial charge in [-0.3, -0.25) is 9.59 Å². The normalized spacial score (nSPS) is 18.0. The fraction of sp³-hybridized carbons (Fsp3) is 0.462. The van der Waals surface area contributed by atoms with Crippen LogP contribution in [0.2, 0.25) is 0 Å². The fourth-order valence-corrected chi connectivity index (χ4v) is 4.40. The summed E-state index contributed by atoms with van der Waals surface area (Å²) in [7, 11) is 3.90. The molecule has 0 radical (unpaired) electrons. The van der Waals surface area contributed by atoms with Crippen molar-refractivity contribution in [3.63, 3.8) is 0 Å². The Balaban J connectivity index is 1.60. The Morgan fingerprint density at radius 2 is 1.91 bits per heavy atom. The van der Waals surface area contributed by atoms with E-state index < -0.39 is 5.82 Å². The SMILES string of the molecule is CN(C)c1ccc(NC(=O)C2CCC2)cc1CN(C[C@H]1CCCO1)C(=O)c1cccc(F)c1. The maximum Gasteiger partial charge on any atom is 0.254 e. The van der Waals surface area contributed by atoms with E-state index >= 15 is 0 Å². The van der Waals surface area contributed by atoms with E-state index in [9.17, 15) is 14.0 Å². The summed E-state index contributed by atoms with van der Waals surface area (Å²) in [5.74, 6) is -0.532. The average molecular weight is 454 g/mol. The zero-order valence-electron chi connectivity index (χ0n) is 19.4. The van der Waals surface area contributed by atoms with Crippen LogP contribution in [0.15, 0.2) is 42.5 Å². The molecule has 1 N–H and O–H groups in total. The first kappa shape index (κ1) is 23.2. The van der Waals surface area contributed by atoms with Crippen molar-refractivity contribution in [1.82, 2.24) is 4.90 Å². The van der Waals surface area contributed by atoms with Crippen LogP contribution in [-0.2, 0) is 16.1 Å². The highest BCUT2D eigenvalue weighted by Gasteiger charge is 2.27. The first-order valence-corrected chi connectivity index (χ1v) is 11.7. The molecule has 0 unspecified atom stereocenters. The minimum absolute atomic E-state index is 0.0354. The molecule has 0 aromatic heterocycles. The Morgan fingerprint density at radius 3 is 2.55 bits per heavy atom. The molecule has 1 saturated heterocycles. The Bertz CT molecular complexity index is 1000. The van der Waals surface area contributed by atoms with Crippen molar-refractivity contribution in [2.75, 3.05) is 37.5 Å². The van der Waals surface area contributed by atoms with Gasteiger partial charge in [-0.2, -0.15) is 0 Å². The number of ether oxygens (including phenoxy) is 1. The molecular formula is C26H32FN3O3. The molecule has 2 amide bonds. The monoisotopic (exact) mass is 453 g/mol. The summed E-state index contributed by atoms with van der Waals surface area (Å²) in [4.78, 5) is 29.6. The fourth-order valence-electron chi connectivity index (χ4n) is 4.40. The predicted octanol–water partition coefficient (Wildman–Crippen LogP) is 4.45. The number of carbonyl (C=O) groups excluding carboxylic acids is 2. The van der Waals surface area contributed by atoms with E-state index in [-0.39, 0.29) is 23.8 Å².